The lowest BCUT2D eigenvalue weighted by atomic mass is 10.0. The molecule has 0 unspecified atom stereocenters. The first kappa shape index (κ1) is 22.9. The van der Waals surface area contributed by atoms with Crippen LogP contribution in [0.1, 0.15) is 20.7 Å². The number of rotatable bonds is 7. The van der Waals surface area contributed by atoms with Crippen LogP contribution in [0.3, 0.4) is 0 Å². The fraction of sp³-hybridized carbons (Fsp3) is 0.0952. The van der Waals surface area contributed by atoms with E-state index in [1.165, 1.54) is 19.2 Å². The van der Waals surface area contributed by atoms with Gasteiger partial charge in [0.1, 0.15) is 10.6 Å². The van der Waals surface area contributed by atoms with E-state index < -0.39 is 29.4 Å². The second-order valence-electron chi connectivity index (χ2n) is 6.25. The molecule has 3 aromatic rings. The molecule has 0 aliphatic carbocycles. The summed E-state index contributed by atoms with van der Waals surface area (Å²) in [5.41, 5.74) is 1.08. The van der Waals surface area contributed by atoms with Crippen molar-refractivity contribution in [1.82, 2.24) is 0 Å². The number of benzene rings is 2. The van der Waals surface area contributed by atoms with Crippen LogP contribution in [-0.4, -0.2) is 36.5 Å². The highest BCUT2D eigenvalue weighted by Gasteiger charge is 2.24. The van der Waals surface area contributed by atoms with Gasteiger partial charge in [0, 0.05) is 33.7 Å². The molecule has 1 N–H and O–H groups in total. The minimum atomic E-state index is -0.828. The van der Waals surface area contributed by atoms with Gasteiger partial charge in [0.05, 0.1) is 17.6 Å². The van der Waals surface area contributed by atoms with E-state index in [1.54, 1.807) is 29.6 Å². The van der Waals surface area contributed by atoms with Crippen molar-refractivity contribution in [2.45, 2.75) is 0 Å². The third-order valence-corrected chi connectivity index (χ3v) is 5.47. The zero-order valence-corrected chi connectivity index (χ0v) is 18.1. The number of halogens is 1. The van der Waals surface area contributed by atoms with Crippen LogP contribution >= 0.6 is 22.9 Å². The average Bonchev–Trinajstić information content (AvgIpc) is 3.20. The maximum Gasteiger partial charge on any atom is 0.341 e. The SMILES string of the molecule is COC(=O)c1c(-c2ccccc2Cl)csc1NC(=O)COC(=O)c1ccc([N+](=O)[O-])cc1. The molecule has 0 atom stereocenters. The van der Waals surface area contributed by atoms with Crippen molar-refractivity contribution >= 4 is 51.5 Å². The number of methoxy groups -OCH3 is 1. The number of hydrogen-bond acceptors (Lipinski definition) is 8. The molecule has 0 radical (unpaired) electrons. The quantitative estimate of drug-likeness (QED) is 0.302. The summed E-state index contributed by atoms with van der Waals surface area (Å²) in [6.45, 7) is -0.629. The fourth-order valence-corrected chi connectivity index (χ4v) is 3.93. The van der Waals surface area contributed by atoms with Crippen LogP contribution in [-0.2, 0) is 14.3 Å². The van der Waals surface area contributed by atoms with Gasteiger partial charge in [-0.05, 0) is 18.2 Å². The van der Waals surface area contributed by atoms with Crippen molar-refractivity contribution in [2.24, 2.45) is 0 Å². The lowest BCUT2D eigenvalue weighted by Gasteiger charge is -2.09. The second-order valence-corrected chi connectivity index (χ2v) is 7.54. The number of nitrogens with zero attached hydrogens (tertiary/aromatic N) is 1. The highest BCUT2D eigenvalue weighted by Crippen LogP contribution is 2.39. The summed E-state index contributed by atoms with van der Waals surface area (Å²) in [5.74, 6) is -2.18. The second kappa shape index (κ2) is 10.0. The van der Waals surface area contributed by atoms with Crippen LogP contribution in [0.2, 0.25) is 5.02 Å². The molecule has 1 heterocycles. The van der Waals surface area contributed by atoms with Crippen LogP contribution in [0.15, 0.2) is 53.9 Å². The first-order chi connectivity index (χ1) is 15.3. The lowest BCUT2D eigenvalue weighted by Crippen LogP contribution is -2.21. The van der Waals surface area contributed by atoms with E-state index in [-0.39, 0.29) is 21.8 Å². The van der Waals surface area contributed by atoms with E-state index in [0.717, 1.165) is 23.5 Å². The van der Waals surface area contributed by atoms with E-state index in [4.69, 9.17) is 21.1 Å². The zero-order chi connectivity index (χ0) is 23.3. The number of esters is 2. The minimum absolute atomic E-state index is 0.0516. The number of anilines is 1. The number of thiophene rings is 1. The van der Waals surface area contributed by atoms with Crippen LogP contribution in [0, 0.1) is 10.1 Å². The monoisotopic (exact) mass is 474 g/mol. The summed E-state index contributed by atoms with van der Waals surface area (Å²) in [7, 11) is 1.22. The molecule has 1 aromatic heterocycles. The van der Waals surface area contributed by atoms with Crippen molar-refractivity contribution in [2.75, 3.05) is 19.0 Å². The number of carbonyl (C=O) groups excluding carboxylic acids is 3. The van der Waals surface area contributed by atoms with Crippen LogP contribution in [0.5, 0.6) is 0 Å². The molecule has 3 rings (SSSR count). The van der Waals surface area contributed by atoms with Gasteiger partial charge in [-0.15, -0.1) is 11.3 Å². The largest absolute Gasteiger partial charge is 0.465 e. The van der Waals surface area contributed by atoms with Crippen molar-refractivity contribution < 1.29 is 28.8 Å². The first-order valence-electron chi connectivity index (χ1n) is 8.98. The number of nitro benzene ring substituents is 1. The van der Waals surface area contributed by atoms with Crippen molar-refractivity contribution in [3.8, 4) is 11.1 Å². The molecule has 164 valence electrons. The van der Waals surface area contributed by atoms with Gasteiger partial charge in [-0.2, -0.15) is 0 Å². The third-order valence-electron chi connectivity index (χ3n) is 4.25. The molecule has 0 saturated heterocycles. The molecule has 9 nitrogen and oxygen atoms in total. The normalized spacial score (nSPS) is 10.3. The predicted octanol–water partition coefficient (Wildman–Crippen LogP) is 4.56. The molecule has 0 aliphatic heterocycles. The number of carbonyl (C=O) groups is 3. The number of amides is 1. The Bertz CT molecular complexity index is 1190. The van der Waals surface area contributed by atoms with E-state index in [1.807, 2.05) is 0 Å². The Labute approximate surface area is 190 Å². The summed E-state index contributed by atoms with van der Waals surface area (Å²) in [5, 5.41) is 15.5. The van der Waals surface area contributed by atoms with E-state index in [9.17, 15) is 24.5 Å². The van der Waals surface area contributed by atoms with Gasteiger partial charge in [-0.25, -0.2) is 9.59 Å². The molecule has 32 heavy (non-hydrogen) atoms. The van der Waals surface area contributed by atoms with Gasteiger partial charge in [0.25, 0.3) is 11.6 Å². The highest BCUT2D eigenvalue weighted by molar-refractivity contribution is 7.15. The molecule has 0 spiro atoms. The number of non-ortho nitro benzene ring substituents is 1. The number of hydrogen-bond donors (Lipinski definition) is 1. The Balaban J connectivity index is 1.72. The molecule has 0 fully saturated rings. The fourth-order valence-electron chi connectivity index (χ4n) is 2.73. The van der Waals surface area contributed by atoms with Crippen molar-refractivity contribution in [3.05, 3.63) is 80.2 Å². The van der Waals surface area contributed by atoms with Gasteiger partial charge >= 0.3 is 11.9 Å². The molecule has 11 heteroatoms. The smallest absolute Gasteiger partial charge is 0.341 e. The Kier molecular flexibility index (Phi) is 7.18. The van der Waals surface area contributed by atoms with Gasteiger partial charge < -0.3 is 14.8 Å². The summed E-state index contributed by atoms with van der Waals surface area (Å²) in [4.78, 5) is 46.8. The highest BCUT2D eigenvalue weighted by atomic mass is 35.5. The summed E-state index contributed by atoms with van der Waals surface area (Å²) >= 11 is 7.32. The van der Waals surface area contributed by atoms with E-state index in [2.05, 4.69) is 5.32 Å². The van der Waals surface area contributed by atoms with Crippen molar-refractivity contribution in [1.29, 1.82) is 0 Å². The standard InChI is InChI=1S/C21H15ClN2O7S/c1-30-21(27)18-15(14-4-2-3-5-16(14)22)11-32-19(18)23-17(25)10-31-20(26)12-6-8-13(9-7-12)24(28)29/h2-9,11H,10H2,1H3,(H,23,25). The average molecular weight is 475 g/mol. The Morgan fingerprint density at radius 3 is 2.38 bits per heavy atom. The number of nitrogens with one attached hydrogen (secondary N) is 1. The maximum atomic E-state index is 12.4. The Morgan fingerprint density at radius 2 is 1.75 bits per heavy atom. The maximum absolute atomic E-state index is 12.4. The minimum Gasteiger partial charge on any atom is -0.465 e. The molecule has 0 bridgehead atoms. The lowest BCUT2D eigenvalue weighted by molar-refractivity contribution is -0.384. The molecular weight excluding hydrogens is 460 g/mol. The van der Waals surface area contributed by atoms with Crippen LogP contribution in [0.25, 0.3) is 11.1 Å². The molecule has 0 aliphatic rings. The molecule has 0 saturated carbocycles. The topological polar surface area (TPSA) is 125 Å². The Hall–Kier alpha value is -3.76. The third kappa shape index (κ3) is 5.10. The number of nitro groups is 1. The van der Waals surface area contributed by atoms with Crippen molar-refractivity contribution in [3.63, 3.8) is 0 Å². The predicted molar refractivity (Wildman–Crippen MR) is 118 cm³/mol. The van der Waals surface area contributed by atoms with E-state index in [0.29, 0.717) is 16.1 Å². The summed E-state index contributed by atoms with van der Waals surface area (Å²) < 4.78 is 9.79. The Morgan fingerprint density at radius 1 is 1.06 bits per heavy atom. The summed E-state index contributed by atoms with van der Waals surface area (Å²) in [6, 6.07) is 11.7. The van der Waals surface area contributed by atoms with Gasteiger partial charge in [0.2, 0.25) is 0 Å². The number of ether oxygens (including phenoxy) is 2. The van der Waals surface area contributed by atoms with Gasteiger partial charge in [0.15, 0.2) is 6.61 Å². The molecule has 2 aromatic carbocycles. The molecular formula is C21H15ClN2O7S. The van der Waals surface area contributed by atoms with E-state index >= 15 is 0 Å². The van der Waals surface area contributed by atoms with Crippen LogP contribution in [0.4, 0.5) is 10.7 Å². The molecule has 1 amide bonds. The van der Waals surface area contributed by atoms with Gasteiger partial charge in [-0.3, -0.25) is 14.9 Å². The first-order valence-corrected chi connectivity index (χ1v) is 10.2. The summed E-state index contributed by atoms with van der Waals surface area (Å²) in [6.07, 6.45) is 0. The zero-order valence-electron chi connectivity index (χ0n) is 16.5. The van der Waals surface area contributed by atoms with Gasteiger partial charge in [-0.1, -0.05) is 29.8 Å². The van der Waals surface area contributed by atoms with Crippen LogP contribution < -0.4 is 5.32 Å².